The largest absolute Gasteiger partial charge is 0.359 e. The van der Waals surface area contributed by atoms with E-state index < -0.39 is 15.7 Å². The third kappa shape index (κ3) is 2.68. The van der Waals surface area contributed by atoms with Gasteiger partial charge in [-0.15, -0.1) is 0 Å². The van der Waals surface area contributed by atoms with E-state index in [-0.39, 0.29) is 15.3 Å². The number of benzene rings is 2. The minimum absolute atomic E-state index is 0.0184. The van der Waals surface area contributed by atoms with E-state index >= 15 is 0 Å². The summed E-state index contributed by atoms with van der Waals surface area (Å²) in [7, 11) is -3.70. The van der Waals surface area contributed by atoms with Crippen LogP contribution in [0.5, 0.6) is 0 Å². The van der Waals surface area contributed by atoms with Crippen molar-refractivity contribution in [3.8, 4) is 0 Å². The second-order valence-electron chi connectivity index (χ2n) is 4.48. The molecule has 0 unspecified atom stereocenters. The van der Waals surface area contributed by atoms with Crippen molar-refractivity contribution in [1.29, 1.82) is 0 Å². The predicted octanol–water partition coefficient (Wildman–Crippen LogP) is 2.04. The topological polar surface area (TPSA) is 87.1 Å². The van der Waals surface area contributed by atoms with E-state index in [1.807, 2.05) is 0 Å². The molecule has 0 aliphatic carbocycles. The number of halogens is 1. The van der Waals surface area contributed by atoms with Crippen molar-refractivity contribution in [3.05, 3.63) is 64.5 Å². The molecular weight excluding hydrogens is 311 g/mol. The van der Waals surface area contributed by atoms with Crippen molar-refractivity contribution in [2.24, 2.45) is 0 Å². The summed E-state index contributed by atoms with van der Waals surface area (Å²) in [6.07, 6.45) is 1.34. The molecule has 0 atom stereocenters. The smallest absolute Gasteiger partial charge is 0.248 e. The van der Waals surface area contributed by atoms with E-state index in [0.29, 0.717) is 11.1 Å². The Balaban J connectivity index is 1.94. The molecule has 0 aliphatic heterocycles. The third-order valence-electron chi connectivity index (χ3n) is 2.99. The number of nitrogens with zero attached hydrogens (tertiary/aromatic N) is 2. The summed E-state index contributed by atoms with van der Waals surface area (Å²) >= 11 is 0. The van der Waals surface area contributed by atoms with Crippen LogP contribution in [0.25, 0.3) is 17.1 Å². The van der Waals surface area contributed by atoms with Crippen molar-refractivity contribution in [3.63, 3.8) is 0 Å². The maximum absolute atomic E-state index is 12.8. The molecule has 6 nitrogen and oxygen atoms in total. The van der Waals surface area contributed by atoms with Gasteiger partial charge in [0.25, 0.3) is 0 Å². The quantitative estimate of drug-likeness (QED) is 0.544. The highest BCUT2D eigenvalue weighted by molar-refractivity contribution is 7.94. The first-order chi connectivity index (χ1) is 10.5. The second-order valence-corrected chi connectivity index (χ2v) is 6.31. The zero-order valence-corrected chi connectivity index (χ0v) is 11.8. The molecule has 1 aromatic heterocycles. The van der Waals surface area contributed by atoms with Gasteiger partial charge in [-0.1, -0.05) is 6.07 Å². The molecule has 0 spiro atoms. The first kappa shape index (κ1) is 14.2. The normalized spacial score (nSPS) is 12.2. The van der Waals surface area contributed by atoms with Crippen LogP contribution in [0, 0.1) is 11.0 Å². The summed E-state index contributed by atoms with van der Waals surface area (Å²) in [6, 6.07) is 9.11. The SMILES string of the molecule is O=S(=O)(/C=C\c1ccc2no[n+]([O-])c2c1)c1ccc(F)cc1. The van der Waals surface area contributed by atoms with Crippen LogP contribution in [-0.4, -0.2) is 13.6 Å². The number of hydrogen-bond acceptors (Lipinski definition) is 5. The monoisotopic (exact) mass is 320 g/mol. The Labute approximate surface area is 124 Å². The molecule has 112 valence electrons. The Morgan fingerprint density at radius 3 is 2.64 bits per heavy atom. The van der Waals surface area contributed by atoms with Gasteiger partial charge in [-0.05, 0) is 46.9 Å². The van der Waals surface area contributed by atoms with E-state index in [1.165, 1.54) is 30.3 Å². The fourth-order valence-electron chi connectivity index (χ4n) is 1.86. The molecule has 0 radical (unpaired) electrons. The van der Waals surface area contributed by atoms with Crippen molar-refractivity contribution < 1.29 is 22.3 Å². The highest BCUT2D eigenvalue weighted by Crippen LogP contribution is 2.16. The van der Waals surface area contributed by atoms with Crippen LogP contribution in [0.3, 0.4) is 0 Å². The first-order valence-electron chi connectivity index (χ1n) is 6.14. The van der Waals surface area contributed by atoms with Crippen molar-refractivity contribution in [2.45, 2.75) is 4.90 Å². The van der Waals surface area contributed by atoms with Crippen LogP contribution in [0.15, 0.2) is 57.4 Å². The summed E-state index contributed by atoms with van der Waals surface area (Å²) in [5.41, 5.74) is 1.06. The average molecular weight is 320 g/mol. The van der Waals surface area contributed by atoms with Gasteiger partial charge in [0.15, 0.2) is 9.84 Å². The number of rotatable bonds is 3. The molecule has 3 rings (SSSR count). The van der Waals surface area contributed by atoms with Gasteiger partial charge in [-0.2, -0.15) is 0 Å². The number of aromatic nitrogens is 2. The minimum Gasteiger partial charge on any atom is -0.359 e. The third-order valence-corrected chi connectivity index (χ3v) is 4.41. The fourth-order valence-corrected chi connectivity index (χ4v) is 2.87. The first-order valence-corrected chi connectivity index (χ1v) is 7.68. The molecule has 22 heavy (non-hydrogen) atoms. The van der Waals surface area contributed by atoms with Gasteiger partial charge in [0.2, 0.25) is 11.0 Å². The summed E-state index contributed by atoms with van der Waals surface area (Å²) in [4.78, 5) is 0.219. The van der Waals surface area contributed by atoms with Gasteiger partial charge < -0.3 is 5.21 Å². The number of sulfone groups is 1. The molecule has 0 saturated heterocycles. The molecule has 0 aliphatic rings. The lowest BCUT2D eigenvalue weighted by Crippen LogP contribution is -2.22. The Hall–Kier alpha value is -2.74. The standard InChI is InChI=1S/C14H9FN2O4S/c15-11-2-4-12(5-3-11)22(19,20)8-7-10-1-6-13-14(9-10)17(18)21-16-13/h1-9H/b8-7-. The summed E-state index contributed by atoms with van der Waals surface area (Å²) in [5, 5.41) is 15.8. The van der Waals surface area contributed by atoms with Gasteiger partial charge >= 0.3 is 0 Å². The lowest BCUT2D eigenvalue weighted by atomic mass is 10.2. The molecule has 0 bridgehead atoms. The predicted molar refractivity (Wildman–Crippen MR) is 75.6 cm³/mol. The Bertz CT molecular complexity index is 962. The number of hydrogen-bond donors (Lipinski definition) is 0. The molecule has 3 aromatic rings. The van der Waals surface area contributed by atoms with Crippen LogP contribution in [0.1, 0.15) is 5.56 Å². The van der Waals surface area contributed by atoms with Crippen molar-refractivity contribution in [2.75, 3.05) is 0 Å². The zero-order valence-electron chi connectivity index (χ0n) is 11.0. The maximum atomic E-state index is 12.8. The molecule has 8 heteroatoms. The summed E-state index contributed by atoms with van der Waals surface area (Å²) in [6.45, 7) is 0. The van der Waals surface area contributed by atoms with Crippen LogP contribution in [0.4, 0.5) is 4.39 Å². The molecule has 0 N–H and O–H groups in total. The highest BCUT2D eigenvalue weighted by Gasteiger charge is 2.11. The maximum Gasteiger partial charge on any atom is 0.248 e. The van der Waals surface area contributed by atoms with E-state index in [2.05, 4.69) is 9.79 Å². The van der Waals surface area contributed by atoms with E-state index in [9.17, 15) is 18.0 Å². The van der Waals surface area contributed by atoms with Gasteiger partial charge in [-0.3, -0.25) is 4.63 Å². The van der Waals surface area contributed by atoms with Crippen LogP contribution >= 0.6 is 0 Å². The Morgan fingerprint density at radius 1 is 1.18 bits per heavy atom. The van der Waals surface area contributed by atoms with Crippen LogP contribution in [-0.2, 0) is 9.84 Å². The molecule has 0 saturated carbocycles. The van der Waals surface area contributed by atoms with E-state index in [4.69, 9.17) is 0 Å². The van der Waals surface area contributed by atoms with Crippen molar-refractivity contribution in [1.82, 2.24) is 5.16 Å². The molecule has 2 aromatic carbocycles. The number of fused-ring (bicyclic) bond motifs is 1. The molecule has 0 amide bonds. The van der Waals surface area contributed by atoms with E-state index in [1.54, 1.807) is 6.07 Å². The second kappa shape index (κ2) is 5.23. The lowest BCUT2D eigenvalue weighted by molar-refractivity contribution is -0.782. The van der Waals surface area contributed by atoms with Crippen LogP contribution in [0.2, 0.25) is 0 Å². The van der Waals surface area contributed by atoms with Gasteiger partial charge in [0.1, 0.15) is 5.82 Å². The highest BCUT2D eigenvalue weighted by atomic mass is 32.2. The average Bonchev–Trinajstić information content (AvgIpc) is 2.87. The fraction of sp³-hybridized carbons (Fsp3) is 0. The Kier molecular flexibility index (Phi) is 3.38. The van der Waals surface area contributed by atoms with Crippen molar-refractivity contribution >= 4 is 26.9 Å². The summed E-state index contributed by atoms with van der Waals surface area (Å²) in [5.74, 6) is -0.513. The van der Waals surface area contributed by atoms with Gasteiger partial charge in [0.05, 0.1) is 4.90 Å². The Morgan fingerprint density at radius 2 is 1.91 bits per heavy atom. The zero-order chi connectivity index (χ0) is 15.7. The molecule has 1 heterocycles. The van der Waals surface area contributed by atoms with Gasteiger partial charge in [0, 0.05) is 16.6 Å². The summed E-state index contributed by atoms with van der Waals surface area (Å²) < 4.78 is 41.4. The lowest BCUT2D eigenvalue weighted by Gasteiger charge is -1.98. The van der Waals surface area contributed by atoms with Gasteiger partial charge in [-0.25, -0.2) is 12.8 Å². The minimum atomic E-state index is -3.70. The van der Waals surface area contributed by atoms with E-state index in [0.717, 1.165) is 17.5 Å². The molecule has 0 fully saturated rings. The van der Waals surface area contributed by atoms with Crippen LogP contribution < -0.4 is 4.90 Å². The molecular formula is C14H9FN2O4S.